The summed E-state index contributed by atoms with van der Waals surface area (Å²) in [7, 11) is 1.84. The molecule has 0 fully saturated rings. The summed E-state index contributed by atoms with van der Waals surface area (Å²) in [6.45, 7) is 6.10. The Morgan fingerprint density at radius 2 is 1.85 bits per heavy atom. The molecule has 3 rings (SSSR count). The minimum Gasteiger partial charge on any atom is -0.481 e. The summed E-state index contributed by atoms with van der Waals surface area (Å²) < 4.78 is 14.5. The SMILES string of the molecule is CNCc1cc(C(O)CCc2ccc(CC(C)C(=O)O)cc2C)ccc1-c1cc(C)ncc1F. The van der Waals surface area contributed by atoms with Gasteiger partial charge in [0.2, 0.25) is 0 Å². The van der Waals surface area contributed by atoms with Crippen LogP contribution in [-0.4, -0.2) is 28.2 Å². The van der Waals surface area contributed by atoms with Gasteiger partial charge in [0.25, 0.3) is 0 Å². The Bertz CT molecular complexity index is 1160. The molecule has 3 N–H and O–H groups in total. The third-order valence-electron chi connectivity index (χ3n) is 6.22. The van der Waals surface area contributed by atoms with Crippen LogP contribution in [0.3, 0.4) is 0 Å². The van der Waals surface area contributed by atoms with Crippen LogP contribution in [0.15, 0.2) is 48.7 Å². The molecule has 0 aliphatic rings. The van der Waals surface area contributed by atoms with Crippen molar-refractivity contribution in [2.24, 2.45) is 5.92 Å². The number of aliphatic carboxylic acids is 1. The molecule has 2 unspecified atom stereocenters. The maximum Gasteiger partial charge on any atom is 0.306 e. The van der Waals surface area contributed by atoms with Crippen molar-refractivity contribution in [3.05, 3.63) is 88.0 Å². The Kier molecular flexibility index (Phi) is 8.53. The van der Waals surface area contributed by atoms with Crippen molar-refractivity contribution in [3.8, 4) is 11.1 Å². The largest absolute Gasteiger partial charge is 0.481 e. The average molecular weight is 465 g/mol. The molecule has 0 aliphatic carbocycles. The predicted molar refractivity (Wildman–Crippen MR) is 132 cm³/mol. The van der Waals surface area contributed by atoms with E-state index in [1.54, 1.807) is 13.0 Å². The number of aliphatic hydroxyl groups is 1. The van der Waals surface area contributed by atoms with Gasteiger partial charge in [0, 0.05) is 17.8 Å². The second-order valence-corrected chi connectivity index (χ2v) is 9.01. The van der Waals surface area contributed by atoms with Crippen LogP contribution >= 0.6 is 0 Å². The summed E-state index contributed by atoms with van der Waals surface area (Å²) in [5.41, 5.74) is 6.98. The van der Waals surface area contributed by atoms with Gasteiger partial charge in [0.15, 0.2) is 0 Å². The molecule has 2 atom stereocenters. The lowest BCUT2D eigenvalue weighted by molar-refractivity contribution is -0.141. The number of pyridine rings is 1. The highest BCUT2D eigenvalue weighted by molar-refractivity contribution is 5.70. The van der Waals surface area contributed by atoms with Crippen molar-refractivity contribution in [1.82, 2.24) is 10.3 Å². The number of carboxylic acid groups (broad SMARTS) is 1. The zero-order valence-electron chi connectivity index (χ0n) is 20.2. The quantitative estimate of drug-likeness (QED) is 0.386. The number of aromatic nitrogens is 1. The highest BCUT2D eigenvalue weighted by Gasteiger charge is 2.16. The molecule has 0 saturated carbocycles. The molecule has 5 nitrogen and oxygen atoms in total. The second-order valence-electron chi connectivity index (χ2n) is 9.01. The topological polar surface area (TPSA) is 82.5 Å². The second kappa shape index (κ2) is 11.4. The highest BCUT2D eigenvalue weighted by Crippen LogP contribution is 2.30. The van der Waals surface area contributed by atoms with E-state index in [0.717, 1.165) is 39.1 Å². The number of carboxylic acids is 1. The van der Waals surface area contributed by atoms with Crippen LogP contribution in [0.1, 0.15) is 53.0 Å². The van der Waals surface area contributed by atoms with Gasteiger partial charge in [-0.3, -0.25) is 9.78 Å². The highest BCUT2D eigenvalue weighted by atomic mass is 19.1. The number of halogens is 1. The van der Waals surface area contributed by atoms with E-state index in [9.17, 15) is 14.3 Å². The van der Waals surface area contributed by atoms with Crippen molar-refractivity contribution >= 4 is 5.97 Å². The van der Waals surface area contributed by atoms with Gasteiger partial charge in [-0.25, -0.2) is 4.39 Å². The smallest absolute Gasteiger partial charge is 0.306 e. The third-order valence-corrected chi connectivity index (χ3v) is 6.22. The summed E-state index contributed by atoms with van der Waals surface area (Å²) in [6.07, 6.45) is 2.33. The van der Waals surface area contributed by atoms with Gasteiger partial charge in [0.1, 0.15) is 5.82 Å². The fraction of sp³-hybridized carbons (Fsp3) is 0.357. The fourth-order valence-corrected chi connectivity index (χ4v) is 4.24. The van der Waals surface area contributed by atoms with E-state index >= 15 is 0 Å². The van der Waals surface area contributed by atoms with E-state index in [4.69, 9.17) is 5.11 Å². The molecular formula is C28H33FN2O3. The summed E-state index contributed by atoms with van der Waals surface area (Å²) in [4.78, 5) is 15.1. The van der Waals surface area contributed by atoms with Gasteiger partial charge >= 0.3 is 5.97 Å². The molecule has 2 aromatic carbocycles. The van der Waals surface area contributed by atoms with E-state index in [2.05, 4.69) is 10.3 Å². The number of rotatable bonds is 10. The van der Waals surface area contributed by atoms with Crippen LogP contribution in [-0.2, 0) is 24.2 Å². The monoisotopic (exact) mass is 464 g/mol. The molecule has 6 heteroatoms. The lowest BCUT2D eigenvalue weighted by Crippen LogP contribution is -2.12. The average Bonchev–Trinajstić information content (AvgIpc) is 2.80. The number of nitrogens with zero attached hydrogens (tertiary/aromatic N) is 1. The first kappa shape index (κ1) is 25.5. The Hall–Kier alpha value is -3.09. The zero-order valence-corrected chi connectivity index (χ0v) is 20.2. The van der Waals surface area contributed by atoms with Gasteiger partial charge in [-0.05, 0) is 79.6 Å². The van der Waals surface area contributed by atoms with Crippen molar-refractivity contribution in [2.75, 3.05) is 7.05 Å². The van der Waals surface area contributed by atoms with E-state index in [0.29, 0.717) is 31.4 Å². The Labute approximate surface area is 200 Å². The lowest BCUT2D eigenvalue weighted by atomic mass is 9.92. The maximum absolute atomic E-state index is 14.5. The first-order valence-corrected chi connectivity index (χ1v) is 11.6. The van der Waals surface area contributed by atoms with Crippen LogP contribution < -0.4 is 5.32 Å². The molecule has 3 aromatic rings. The van der Waals surface area contributed by atoms with Crippen molar-refractivity contribution in [2.45, 2.75) is 52.7 Å². The molecule has 0 amide bonds. The number of carbonyl (C=O) groups is 1. The molecule has 0 bridgehead atoms. The predicted octanol–water partition coefficient (Wildman–Crippen LogP) is 5.15. The standard InChI is InChI=1S/C28H33FN2O3/c1-17-11-20(12-18(2)28(33)34)5-6-21(17)8-10-27(32)22-7-9-24(23(14-22)15-30-4)25-13-19(3)31-16-26(25)29/h5-7,9,11,13-14,16,18,27,30,32H,8,10,12,15H2,1-4H3,(H,33,34). The molecule has 0 radical (unpaired) electrons. The molecule has 0 aliphatic heterocycles. The zero-order chi connectivity index (χ0) is 24.8. The van der Waals surface area contributed by atoms with Crippen molar-refractivity contribution < 1.29 is 19.4 Å². The Balaban J connectivity index is 1.75. The van der Waals surface area contributed by atoms with Gasteiger partial charge in [-0.2, -0.15) is 0 Å². The Morgan fingerprint density at radius 3 is 2.53 bits per heavy atom. The first-order chi connectivity index (χ1) is 16.2. The van der Waals surface area contributed by atoms with Crippen LogP contribution in [0.2, 0.25) is 0 Å². The van der Waals surface area contributed by atoms with E-state index in [-0.39, 0.29) is 5.82 Å². The van der Waals surface area contributed by atoms with Crippen LogP contribution in [0.25, 0.3) is 11.1 Å². The van der Waals surface area contributed by atoms with E-state index < -0.39 is 18.0 Å². The summed E-state index contributed by atoms with van der Waals surface area (Å²) in [5, 5.41) is 23.1. The number of aryl methyl sites for hydroxylation is 3. The van der Waals surface area contributed by atoms with Gasteiger partial charge in [-0.15, -0.1) is 0 Å². The molecule has 0 spiro atoms. The number of nitrogens with one attached hydrogen (secondary N) is 1. The number of benzene rings is 2. The maximum atomic E-state index is 14.5. The van der Waals surface area contributed by atoms with E-state index in [1.165, 1.54) is 6.20 Å². The molecule has 180 valence electrons. The number of hydrogen-bond acceptors (Lipinski definition) is 4. The molecule has 34 heavy (non-hydrogen) atoms. The first-order valence-electron chi connectivity index (χ1n) is 11.6. The van der Waals surface area contributed by atoms with Gasteiger partial charge in [0.05, 0.1) is 18.2 Å². The lowest BCUT2D eigenvalue weighted by Gasteiger charge is -2.17. The van der Waals surface area contributed by atoms with Gasteiger partial charge < -0.3 is 15.5 Å². The van der Waals surface area contributed by atoms with E-state index in [1.807, 2.05) is 57.3 Å². The van der Waals surface area contributed by atoms with Gasteiger partial charge in [-0.1, -0.05) is 43.3 Å². The van der Waals surface area contributed by atoms with Crippen LogP contribution in [0, 0.1) is 25.6 Å². The summed E-state index contributed by atoms with van der Waals surface area (Å²) in [6, 6.07) is 13.4. The molecule has 1 heterocycles. The molecule has 0 saturated heterocycles. The Morgan fingerprint density at radius 1 is 1.09 bits per heavy atom. The van der Waals surface area contributed by atoms with Crippen molar-refractivity contribution in [1.29, 1.82) is 0 Å². The van der Waals surface area contributed by atoms with Crippen molar-refractivity contribution in [3.63, 3.8) is 0 Å². The number of hydrogen-bond donors (Lipinski definition) is 3. The minimum atomic E-state index is -0.796. The summed E-state index contributed by atoms with van der Waals surface area (Å²) >= 11 is 0. The van der Waals surface area contributed by atoms with Crippen LogP contribution in [0.5, 0.6) is 0 Å². The number of aliphatic hydroxyl groups excluding tert-OH is 1. The third kappa shape index (κ3) is 6.27. The van der Waals surface area contributed by atoms with Crippen LogP contribution in [0.4, 0.5) is 4.39 Å². The summed E-state index contributed by atoms with van der Waals surface area (Å²) in [5.74, 6) is -1.59. The fourth-order valence-electron chi connectivity index (χ4n) is 4.24. The normalized spacial score (nSPS) is 13.0. The molecule has 1 aromatic heterocycles. The minimum absolute atomic E-state index is 0.368. The molecular weight excluding hydrogens is 431 g/mol.